The van der Waals surface area contributed by atoms with Crippen LogP contribution in [0.3, 0.4) is 0 Å². The minimum absolute atomic E-state index is 0.0583. The van der Waals surface area contributed by atoms with Crippen molar-refractivity contribution in [2.75, 3.05) is 0 Å². The van der Waals surface area contributed by atoms with Crippen LogP contribution in [0.15, 0.2) is 48.7 Å². The molecule has 0 aliphatic rings. The van der Waals surface area contributed by atoms with E-state index in [9.17, 15) is 14.3 Å². The van der Waals surface area contributed by atoms with E-state index < -0.39 is 5.82 Å². The summed E-state index contributed by atoms with van der Waals surface area (Å²) in [6.45, 7) is 1.89. The summed E-state index contributed by atoms with van der Waals surface area (Å²) in [7, 11) is 0. The number of benzene rings is 2. The van der Waals surface area contributed by atoms with Crippen molar-refractivity contribution in [1.82, 2.24) is 10.2 Å². The number of carbonyl (C=O) groups excluding carboxylic acids is 1. The number of phenols is 1. The number of H-pyrrole nitrogens is 1. The molecule has 110 valence electrons. The molecule has 1 aromatic heterocycles. The first-order valence-corrected chi connectivity index (χ1v) is 6.70. The predicted molar refractivity (Wildman–Crippen MR) is 80.3 cm³/mol. The maximum Gasteiger partial charge on any atom is 0.196 e. The Kier molecular flexibility index (Phi) is 3.47. The number of aromatic nitrogens is 2. The van der Waals surface area contributed by atoms with Crippen molar-refractivity contribution in [3.63, 3.8) is 0 Å². The van der Waals surface area contributed by atoms with Gasteiger partial charge in [0.25, 0.3) is 0 Å². The summed E-state index contributed by atoms with van der Waals surface area (Å²) in [6.07, 6.45) is 1.41. The van der Waals surface area contributed by atoms with Crippen molar-refractivity contribution in [2.45, 2.75) is 6.92 Å². The third kappa shape index (κ3) is 2.48. The first kappa shape index (κ1) is 14.0. The van der Waals surface area contributed by atoms with Crippen LogP contribution >= 0.6 is 0 Å². The number of hydrogen-bond donors (Lipinski definition) is 2. The maximum absolute atomic E-state index is 13.0. The number of aryl methyl sites for hydroxylation is 1. The third-order valence-electron chi connectivity index (χ3n) is 3.41. The van der Waals surface area contributed by atoms with Crippen LogP contribution in [-0.2, 0) is 0 Å². The van der Waals surface area contributed by atoms with Crippen LogP contribution < -0.4 is 0 Å². The first-order chi connectivity index (χ1) is 10.6. The van der Waals surface area contributed by atoms with Gasteiger partial charge in [0.15, 0.2) is 5.78 Å². The summed E-state index contributed by atoms with van der Waals surface area (Å²) in [6, 6.07) is 10.4. The van der Waals surface area contributed by atoms with Crippen LogP contribution in [-0.4, -0.2) is 21.1 Å². The van der Waals surface area contributed by atoms with Gasteiger partial charge in [-0.25, -0.2) is 4.39 Å². The molecule has 0 saturated carbocycles. The maximum atomic E-state index is 13.0. The van der Waals surface area contributed by atoms with E-state index in [0.717, 1.165) is 5.56 Å². The molecule has 3 aromatic rings. The monoisotopic (exact) mass is 296 g/mol. The molecule has 5 heteroatoms. The molecule has 0 saturated heterocycles. The number of nitrogens with one attached hydrogen (secondary N) is 1. The highest BCUT2D eigenvalue weighted by Gasteiger charge is 2.19. The summed E-state index contributed by atoms with van der Waals surface area (Å²) < 4.78 is 13.0. The average Bonchev–Trinajstić information content (AvgIpc) is 2.99. The van der Waals surface area contributed by atoms with Gasteiger partial charge in [0.05, 0.1) is 17.5 Å². The Bertz CT molecular complexity index is 838. The van der Waals surface area contributed by atoms with Gasteiger partial charge in [-0.1, -0.05) is 11.6 Å². The molecule has 0 spiro atoms. The molecule has 22 heavy (non-hydrogen) atoms. The second-order valence-electron chi connectivity index (χ2n) is 5.02. The minimum atomic E-state index is -0.403. The third-order valence-corrected chi connectivity index (χ3v) is 3.41. The van der Waals surface area contributed by atoms with E-state index in [1.54, 1.807) is 18.2 Å². The van der Waals surface area contributed by atoms with Crippen molar-refractivity contribution in [1.29, 1.82) is 0 Å². The highest BCUT2D eigenvalue weighted by molar-refractivity contribution is 6.12. The van der Waals surface area contributed by atoms with E-state index in [1.807, 2.05) is 6.92 Å². The SMILES string of the molecule is Cc1ccc(O)c(-c2[nH]ncc2C(=O)c2ccc(F)cc2)c1. The minimum Gasteiger partial charge on any atom is -0.507 e. The number of ketones is 1. The Morgan fingerprint density at radius 3 is 2.64 bits per heavy atom. The van der Waals surface area contributed by atoms with Crippen LogP contribution in [0.2, 0.25) is 0 Å². The lowest BCUT2D eigenvalue weighted by Gasteiger charge is -2.06. The summed E-state index contributed by atoms with van der Waals surface area (Å²) >= 11 is 0. The van der Waals surface area contributed by atoms with Gasteiger partial charge in [0, 0.05) is 11.1 Å². The second-order valence-corrected chi connectivity index (χ2v) is 5.02. The number of nitrogens with zero attached hydrogens (tertiary/aromatic N) is 1. The van der Waals surface area contributed by atoms with Gasteiger partial charge in [-0.15, -0.1) is 0 Å². The van der Waals surface area contributed by atoms with Crippen LogP contribution in [0.4, 0.5) is 4.39 Å². The Hall–Kier alpha value is -2.95. The number of aromatic amines is 1. The Labute approximate surface area is 126 Å². The Morgan fingerprint density at radius 2 is 1.91 bits per heavy atom. The normalized spacial score (nSPS) is 10.6. The topological polar surface area (TPSA) is 66.0 Å². The summed E-state index contributed by atoms with van der Waals surface area (Å²) in [4.78, 5) is 12.5. The largest absolute Gasteiger partial charge is 0.507 e. The van der Waals surface area contributed by atoms with E-state index in [1.165, 1.54) is 30.5 Å². The summed E-state index contributed by atoms with van der Waals surface area (Å²) in [5.41, 5.74) is 2.57. The second kappa shape index (κ2) is 5.44. The number of rotatable bonds is 3. The molecular weight excluding hydrogens is 283 g/mol. The van der Waals surface area contributed by atoms with Gasteiger partial charge in [0.2, 0.25) is 0 Å². The highest BCUT2D eigenvalue weighted by Crippen LogP contribution is 2.31. The van der Waals surface area contributed by atoms with Crippen molar-refractivity contribution in [3.8, 4) is 17.0 Å². The van der Waals surface area contributed by atoms with E-state index in [0.29, 0.717) is 22.4 Å². The number of halogens is 1. The molecular formula is C17H13FN2O2. The van der Waals surface area contributed by atoms with Crippen molar-refractivity contribution >= 4 is 5.78 Å². The molecule has 2 aromatic carbocycles. The van der Waals surface area contributed by atoms with Crippen LogP contribution in [0, 0.1) is 12.7 Å². The molecule has 0 aliphatic carbocycles. The zero-order chi connectivity index (χ0) is 15.7. The lowest BCUT2D eigenvalue weighted by molar-refractivity contribution is 0.103. The summed E-state index contributed by atoms with van der Waals surface area (Å²) in [5, 5.41) is 16.7. The van der Waals surface area contributed by atoms with Gasteiger partial charge >= 0.3 is 0 Å². The molecule has 0 fully saturated rings. The standard InChI is InChI=1S/C17H13FN2O2/c1-10-2-7-15(21)13(8-10)16-14(9-19-20-16)17(22)11-3-5-12(18)6-4-11/h2-9,21H,1H3,(H,19,20). The fraction of sp³-hybridized carbons (Fsp3) is 0.0588. The molecule has 0 bridgehead atoms. The first-order valence-electron chi connectivity index (χ1n) is 6.70. The zero-order valence-corrected chi connectivity index (χ0v) is 11.8. The number of aromatic hydroxyl groups is 1. The number of phenolic OH excluding ortho intramolecular Hbond substituents is 1. The van der Waals surface area contributed by atoms with E-state index in [2.05, 4.69) is 10.2 Å². The van der Waals surface area contributed by atoms with Crippen molar-refractivity contribution in [2.24, 2.45) is 0 Å². The Morgan fingerprint density at radius 1 is 1.18 bits per heavy atom. The lowest BCUT2D eigenvalue weighted by atomic mass is 9.99. The van der Waals surface area contributed by atoms with Gasteiger partial charge < -0.3 is 5.11 Å². The van der Waals surface area contributed by atoms with Crippen LogP contribution in [0.5, 0.6) is 5.75 Å². The molecule has 0 amide bonds. The van der Waals surface area contributed by atoms with E-state index >= 15 is 0 Å². The van der Waals surface area contributed by atoms with Crippen molar-refractivity contribution in [3.05, 3.63) is 71.2 Å². The zero-order valence-electron chi connectivity index (χ0n) is 11.8. The van der Waals surface area contributed by atoms with Gasteiger partial charge in [-0.2, -0.15) is 5.10 Å². The lowest BCUT2D eigenvalue weighted by Crippen LogP contribution is -2.02. The average molecular weight is 296 g/mol. The van der Waals surface area contributed by atoms with E-state index in [-0.39, 0.29) is 11.5 Å². The van der Waals surface area contributed by atoms with Crippen LogP contribution in [0.1, 0.15) is 21.5 Å². The van der Waals surface area contributed by atoms with Gasteiger partial charge in [-0.3, -0.25) is 9.89 Å². The molecule has 3 rings (SSSR count). The molecule has 0 atom stereocenters. The molecule has 0 aliphatic heterocycles. The molecule has 4 nitrogen and oxygen atoms in total. The quantitative estimate of drug-likeness (QED) is 0.727. The Balaban J connectivity index is 2.07. The fourth-order valence-corrected chi connectivity index (χ4v) is 2.27. The fourth-order valence-electron chi connectivity index (χ4n) is 2.27. The number of carbonyl (C=O) groups is 1. The smallest absolute Gasteiger partial charge is 0.196 e. The van der Waals surface area contributed by atoms with Gasteiger partial charge in [0.1, 0.15) is 11.6 Å². The molecule has 0 unspecified atom stereocenters. The molecule has 1 heterocycles. The molecule has 2 N–H and O–H groups in total. The highest BCUT2D eigenvalue weighted by atomic mass is 19.1. The summed E-state index contributed by atoms with van der Waals surface area (Å²) in [5.74, 6) is -0.632. The van der Waals surface area contributed by atoms with E-state index in [4.69, 9.17) is 0 Å². The number of hydrogen-bond acceptors (Lipinski definition) is 3. The van der Waals surface area contributed by atoms with Gasteiger partial charge in [-0.05, 0) is 43.3 Å². The van der Waals surface area contributed by atoms with Crippen LogP contribution in [0.25, 0.3) is 11.3 Å². The molecule has 0 radical (unpaired) electrons. The predicted octanol–water partition coefficient (Wildman–Crippen LogP) is 3.46. The van der Waals surface area contributed by atoms with Crippen molar-refractivity contribution < 1.29 is 14.3 Å².